The molecule has 0 atom stereocenters. The lowest BCUT2D eigenvalue weighted by molar-refractivity contribution is 0.0942. The van der Waals surface area contributed by atoms with Crippen LogP contribution in [0, 0.1) is 0 Å². The fraction of sp³-hybridized carbons (Fsp3) is 0.263. The summed E-state index contributed by atoms with van der Waals surface area (Å²) in [6.07, 6.45) is 4.58. The van der Waals surface area contributed by atoms with E-state index in [-0.39, 0.29) is 11.3 Å². The van der Waals surface area contributed by atoms with Crippen LogP contribution in [0.25, 0.3) is 0 Å². The van der Waals surface area contributed by atoms with Crippen molar-refractivity contribution < 1.29 is 9.59 Å². The molecule has 2 rings (SSSR count). The summed E-state index contributed by atoms with van der Waals surface area (Å²) in [4.78, 5) is 24.4. The molecule has 4 nitrogen and oxygen atoms in total. The second-order valence-corrected chi connectivity index (χ2v) is 5.50. The maximum absolute atomic E-state index is 12.6. The molecule has 0 aliphatic heterocycles. The van der Waals surface area contributed by atoms with E-state index in [1.54, 1.807) is 24.3 Å². The smallest absolute Gasteiger partial charge is 0.265 e. The van der Waals surface area contributed by atoms with Gasteiger partial charge in [-0.1, -0.05) is 62.2 Å². The Bertz CT molecular complexity index is 678. The Morgan fingerprint density at radius 1 is 0.957 bits per heavy atom. The first-order chi connectivity index (χ1) is 11.2. The van der Waals surface area contributed by atoms with Gasteiger partial charge < -0.3 is 0 Å². The van der Waals surface area contributed by atoms with Gasteiger partial charge >= 0.3 is 0 Å². The zero-order valence-corrected chi connectivity index (χ0v) is 13.3. The van der Waals surface area contributed by atoms with Crippen LogP contribution in [0.1, 0.15) is 58.0 Å². The summed E-state index contributed by atoms with van der Waals surface area (Å²) < 4.78 is 0. The molecule has 4 heteroatoms. The second kappa shape index (κ2) is 8.25. The van der Waals surface area contributed by atoms with Gasteiger partial charge in [0.15, 0.2) is 5.78 Å². The molecule has 0 saturated heterocycles. The van der Waals surface area contributed by atoms with Crippen LogP contribution in [-0.2, 0) is 6.42 Å². The van der Waals surface area contributed by atoms with Gasteiger partial charge in [0.1, 0.15) is 0 Å². The minimum Gasteiger partial charge on any atom is -0.290 e. The van der Waals surface area contributed by atoms with Crippen molar-refractivity contribution in [1.29, 1.82) is 0 Å². The summed E-state index contributed by atoms with van der Waals surface area (Å²) in [6, 6.07) is 14.3. The first kappa shape index (κ1) is 16.9. The minimum absolute atomic E-state index is 0.177. The van der Waals surface area contributed by atoms with Gasteiger partial charge in [-0.3, -0.25) is 15.0 Å². The number of ketones is 1. The Hall–Kier alpha value is -2.46. The van der Waals surface area contributed by atoms with E-state index >= 15 is 0 Å². The third-order valence-corrected chi connectivity index (χ3v) is 3.83. The summed E-state index contributed by atoms with van der Waals surface area (Å²) in [5, 5.41) is 0. The fourth-order valence-electron chi connectivity index (χ4n) is 2.51. The third-order valence-electron chi connectivity index (χ3n) is 3.83. The number of carbonyl (C=O) groups excluding carboxylic acids is 2. The Morgan fingerprint density at radius 2 is 1.61 bits per heavy atom. The van der Waals surface area contributed by atoms with Gasteiger partial charge in [0, 0.05) is 11.1 Å². The van der Waals surface area contributed by atoms with Gasteiger partial charge in [0.05, 0.1) is 5.56 Å². The highest BCUT2D eigenvalue weighted by atomic mass is 16.2. The van der Waals surface area contributed by atoms with E-state index in [0.29, 0.717) is 11.1 Å². The molecule has 23 heavy (non-hydrogen) atoms. The number of hydrogen-bond acceptors (Lipinski definition) is 3. The molecular formula is C19H22N2O2. The van der Waals surface area contributed by atoms with Crippen molar-refractivity contribution in [3.63, 3.8) is 0 Å². The van der Waals surface area contributed by atoms with Crippen molar-refractivity contribution in [3.05, 3.63) is 70.8 Å². The number of rotatable bonds is 7. The zero-order chi connectivity index (χ0) is 16.7. The quantitative estimate of drug-likeness (QED) is 0.271. The molecule has 120 valence electrons. The van der Waals surface area contributed by atoms with Gasteiger partial charge in [-0.2, -0.15) is 0 Å². The number of carbonyl (C=O) groups is 2. The molecule has 0 heterocycles. The van der Waals surface area contributed by atoms with Crippen LogP contribution in [0.15, 0.2) is 48.5 Å². The van der Waals surface area contributed by atoms with E-state index in [2.05, 4.69) is 12.3 Å². The lowest BCUT2D eigenvalue weighted by atomic mass is 9.96. The van der Waals surface area contributed by atoms with Gasteiger partial charge in [-0.15, -0.1) is 0 Å². The van der Waals surface area contributed by atoms with Crippen molar-refractivity contribution in [2.45, 2.75) is 32.6 Å². The first-order valence-electron chi connectivity index (χ1n) is 7.91. The van der Waals surface area contributed by atoms with E-state index in [1.165, 1.54) is 18.4 Å². The van der Waals surface area contributed by atoms with Crippen LogP contribution in [0.4, 0.5) is 0 Å². The van der Waals surface area contributed by atoms with Gasteiger partial charge in [0.2, 0.25) is 0 Å². The summed E-state index contributed by atoms with van der Waals surface area (Å²) in [6.45, 7) is 2.18. The lowest BCUT2D eigenvalue weighted by Crippen LogP contribution is -2.31. The summed E-state index contributed by atoms with van der Waals surface area (Å²) >= 11 is 0. The number of nitrogens with one attached hydrogen (secondary N) is 1. The number of aryl methyl sites for hydroxylation is 1. The van der Waals surface area contributed by atoms with Gasteiger partial charge in [-0.05, 0) is 24.5 Å². The van der Waals surface area contributed by atoms with Crippen LogP contribution >= 0.6 is 0 Å². The molecule has 0 bridgehead atoms. The van der Waals surface area contributed by atoms with E-state index < -0.39 is 5.91 Å². The maximum atomic E-state index is 12.6. The first-order valence-corrected chi connectivity index (χ1v) is 7.91. The largest absolute Gasteiger partial charge is 0.290 e. The normalized spacial score (nSPS) is 10.3. The lowest BCUT2D eigenvalue weighted by Gasteiger charge is -2.08. The standard InChI is InChI=1S/C19H22N2O2/c1-2-3-4-7-14-10-12-15(13-11-14)18(22)16-8-5-6-9-17(16)19(23)21-20/h5-6,8-13H,2-4,7,20H2,1H3,(H,21,23). The van der Waals surface area contributed by atoms with E-state index in [0.717, 1.165) is 12.8 Å². The molecule has 0 aliphatic rings. The molecule has 1 amide bonds. The third kappa shape index (κ3) is 4.27. The fourth-order valence-corrected chi connectivity index (χ4v) is 2.51. The molecule has 0 radical (unpaired) electrons. The molecule has 3 N–H and O–H groups in total. The summed E-state index contributed by atoms with van der Waals surface area (Å²) in [5.74, 6) is 4.53. The van der Waals surface area contributed by atoms with Crippen molar-refractivity contribution >= 4 is 11.7 Å². The Balaban J connectivity index is 2.19. The van der Waals surface area contributed by atoms with Gasteiger partial charge in [-0.25, -0.2) is 5.84 Å². The summed E-state index contributed by atoms with van der Waals surface area (Å²) in [5.41, 5.74) is 4.51. The maximum Gasteiger partial charge on any atom is 0.265 e. The predicted molar refractivity (Wildman–Crippen MR) is 91.2 cm³/mol. The Morgan fingerprint density at radius 3 is 2.22 bits per heavy atom. The SMILES string of the molecule is CCCCCc1ccc(C(=O)c2ccccc2C(=O)NN)cc1. The zero-order valence-electron chi connectivity index (χ0n) is 13.3. The molecule has 2 aromatic carbocycles. The van der Waals surface area contributed by atoms with Crippen molar-refractivity contribution in [2.75, 3.05) is 0 Å². The predicted octanol–water partition coefficient (Wildman–Crippen LogP) is 3.25. The van der Waals surface area contributed by atoms with Crippen molar-refractivity contribution in [3.8, 4) is 0 Å². The van der Waals surface area contributed by atoms with Crippen LogP contribution in [0.2, 0.25) is 0 Å². The monoisotopic (exact) mass is 310 g/mol. The molecule has 0 fully saturated rings. The molecule has 0 unspecified atom stereocenters. The number of nitrogen functional groups attached to an aromatic ring is 1. The molecule has 2 aromatic rings. The van der Waals surface area contributed by atoms with E-state index in [1.807, 2.05) is 24.3 Å². The molecule has 0 spiro atoms. The molecule has 0 saturated carbocycles. The molecular weight excluding hydrogens is 288 g/mol. The number of benzene rings is 2. The van der Waals surface area contributed by atoms with Crippen LogP contribution < -0.4 is 11.3 Å². The Kier molecular flexibility index (Phi) is 6.06. The number of nitrogens with two attached hydrogens (primary N) is 1. The topological polar surface area (TPSA) is 72.2 Å². The highest BCUT2D eigenvalue weighted by Crippen LogP contribution is 2.16. The summed E-state index contributed by atoms with van der Waals surface area (Å²) in [7, 11) is 0. The Labute approximate surface area is 136 Å². The molecule has 0 aliphatic carbocycles. The van der Waals surface area contributed by atoms with Crippen LogP contribution in [-0.4, -0.2) is 11.7 Å². The minimum atomic E-state index is -0.467. The number of hydrazine groups is 1. The van der Waals surface area contributed by atoms with E-state index in [9.17, 15) is 9.59 Å². The average Bonchev–Trinajstić information content (AvgIpc) is 2.61. The highest BCUT2D eigenvalue weighted by molar-refractivity contribution is 6.15. The average molecular weight is 310 g/mol. The van der Waals surface area contributed by atoms with Crippen molar-refractivity contribution in [2.24, 2.45) is 5.84 Å². The van der Waals surface area contributed by atoms with Gasteiger partial charge in [0.25, 0.3) is 5.91 Å². The molecule has 0 aromatic heterocycles. The number of unbranched alkanes of at least 4 members (excludes halogenated alkanes) is 2. The number of hydrogen-bond donors (Lipinski definition) is 2. The van der Waals surface area contributed by atoms with E-state index in [4.69, 9.17) is 5.84 Å². The van der Waals surface area contributed by atoms with Crippen molar-refractivity contribution in [1.82, 2.24) is 5.43 Å². The second-order valence-electron chi connectivity index (χ2n) is 5.50. The highest BCUT2D eigenvalue weighted by Gasteiger charge is 2.17. The van der Waals surface area contributed by atoms with Crippen LogP contribution in [0.5, 0.6) is 0 Å². The van der Waals surface area contributed by atoms with Crippen LogP contribution in [0.3, 0.4) is 0 Å². The number of amides is 1.